The minimum Gasteiger partial charge on any atom is -0.381 e. The molecule has 208 valence electrons. The van der Waals surface area contributed by atoms with Crippen molar-refractivity contribution in [2.45, 2.75) is 56.7 Å². The van der Waals surface area contributed by atoms with Gasteiger partial charge in [-0.2, -0.15) is 18.2 Å². The second-order valence-electron chi connectivity index (χ2n) is 11.2. The predicted octanol–water partition coefficient (Wildman–Crippen LogP) is 3.67. The standard InChI is InChI=1S/C28H31F3N4O4/c1-16-33-24(39-34-16)21-13-20(21)23(36)32-15-27(18-7-4-8-19(12-18)28(29,30)31)10-5-6-17-14-35(11-9-22(17)27)25(37)26(2,3)38/h4-8,10,12,20-22,38H,9,11,13-15H2,1-3H3,(H,32,36). The zero-order valence-corrected chi connectivity index (χ0v) is 22.0. The van der Waals surface area contributed by atoms with Crippen molar-refractivity contribution in [3.63, 3.8) is 0 Å². The first-order valence-electron chi connectivity index (χ1n) is 13.0. The van der Waals surface area contributed by atoms with Crippen molar-refractivity contribution < 1.29 is 32.4 Å². The summed E-state index contributed by atoms with van der Waals surface area (Å²) in [6.07, 6.45) is 1.99. The van der Waals surface area contributed by atoms with Gasteiger partial charge < -0.3 is 19.8 Å². The molecule has 2 N–H and O–H groups in total. The summed E-state index contributed by atoms with van der Waals surface area (Å²) in [6, 6.07) is 5.22. The Kier molecular flexibility index (Phi) is 6.69. The van der Waals surface area contributed by atoms with Gasteiger partial charge in [-0.15, -0.1) is 0 Å². The number of fused-ring (bicyclic) bond motifs is 1. The van der Waals surface area contributed by atoms with Crippen molar-refractivity contribution in [3.8, 4) is 0 Å². The van der Waals surface area contributed by atoms with Gasteiger partial charge in [0.1, 0.15) is 5.60 Å². The van der Waals surface area contributed by atoms with Crippen molar-refractivity contribution >= 4 is 11.8 Å². The highest BCUT2D eigenvalue weighted by Crippen LogP contribution is 2.48. The number of carbonyl (C=O) groups excluding carboxylic acids is 2. The van der Waals surface area contributed by atoms with E-state index in [2.05, 4.69) is 15.5 Å². The first-order chi connectivity index (χ1) is 18.3. The fourth-order valence-electron chi connectivity index (χ4n) is 5.81. The van der Waals surface area contributed by atoms with Crippen LogP contribution in [0.2, 0.25) is 0 Å². The molecule has 2 fully saturated rings. The Morgan fingerprint density at radius 3 is 2.72 bits per heavy atom. The molecular formula is C28H31F3N4O4. The Bertz CT molecular complexity index is 1340. The van der Waals surface area contributed by atoms with Gasteiger partial charge in [0.05, 0.1) is 17.4 Å². The Labute approximate surface area is 223 Å². The Morgan fingerprint density at radius 2 is 2.05 bits per heavy atom. The van der Waals surface area contributed by atoms with Gasteiger partial charge in [0.15, 0.2) is 5.82 Å². The molecule has 1 aliphatic heterocycles. The van der Waals surface area contributed by atoms with Crippen molar-refractivity contribution in [2.24, 2.45) is 11.8 Å². The Hall–Kier alpha value is -3.47. The molecule has 0 spiro atoms. The highest BCUT2D eigenvalue weighted by molar-refractivity contribution is 5.84. The summed E-state index contributed by atoms with van der Waals surface area (Å²) in [6.45, 7) is 5.21. The maximum Gasteiger partial charge on any atom is 0.416 e. The Morgan fingerprint density at radius 1 is 1.28 bits per heavy atom. The third-order valence-corrected chi connectivity index (χ3v) is 7.92. The fraction of sp³-hybridized carbons (Fsp3) is 0.500. The molecule has 2 heterocycles. The number of allylic oxidation sites excluding steroid dienone is 2. The lowest BCUT2D eigenvalue weighted by atomic mass is 9.62. The monoisotopic (exact) mass is 544 g/mol. The van der Waals surface area contributed by atoms with Crippen LogP contribution >= 0.6 is 0 Å². The third-order valence-electron chi connectivity index (χ3n) is 7.92. The fourth-order valence-corrected chi connectivity index (χ4v) is 5.81. The van der Waals surface area contributed by atoms with Crippen molar-refractivity contribution in [1.29, 1.82) is 0 Å². The number of piperidine rings is 1. The van der Waals surface area contributed by atoms with Crippen LogP contribution < -0.4 is 5.32 Å². The van der Waals surface area contributed by atoms with Gasteiger partial charge in [-0.1, -0.05) is 41.6 Å². The summed E-state index contributed by atoms with van der Waals surface area (Å²) in [7, 11) is 0. The van der Waals surface area contributed by atoms with Crippen molar-refractivity contribution in [2.75, 3.05) is 19.6 Å². The number of nitrogens with zero attached hydrogens (tertiary/aromatic N) is 3. The number of carbonyl (C=O) groups is 2. The lowest BCUT2D eigenvalue weighted by Crippen LogP contribution is -2.54. The van der Waals surface area contributed by atoms with E-state index in [-0.39, 0.29) is 36.8 Å². The molecule has 8 nitrogen and oxygen atoms in total. The second kappa shape index (κ2) is 9.62. The molecule has 1 aromatic heterocycles. The van der Waals surface area contributed by atoms with Gasteiger partial charge in [0.2, 0.25) is 11.8 Å². The van der Waals surface area contributed by atoms with Crippen LogP contribution in [-0.4, -0.2) is 57.2 Å². The van der Waals surface area contributed by atoms with E-state index < -0.39 is 28.7 Å². The first-order valence-corrected chi connectivity index (χ1v) is 13.0. The molecular weight excluding hydrogens is 513 g/mol. The molecule has 2 amide bonds. The quantitative estimate of drug-likeness (QED) is 0.575. The second-order valence-corrected chi connectivity index (χ2v) is 11.2. The molecule has 1 saturated heterocycles. The van der Waals surface area contributed by atoms with E-state index in [1.54, 1.807) is 24.0 Å². The van der Waals surface area contributed by atoms with Crippen LogP contribution in [0.3, 0.4) is 0 Å². The van der Waals surface area contributed by atoms with Crippen LogP contribution in [0.1, 0.15) is 55.4 Å². The summed E-state index contributed by atoms with van der Waals surface area (Å²) in [4.78, 5) is 31.7. The molecule has 1 aromatic carbocycles. The van der Waals surface area contributed by atoms with Crippen LogP contribution in [0.25, 0.3) is 0 Å². The number of amides is 2. The number of hydrogen-bond donors (Lipinski definition) is 2. The average Bonchev–Trinajstić information content (AvgIpc) is 3.58. The van der Waals surface area contributed by atoms with E-state index in [0.717, 1.165) is 17.7 Å². The maximum absolute atomic E-state index is 13.7. The summed E-state index contributed by atoms with van der Waals surface area (Å²) in [5.41, 5.74) is -1.97. The number of likely N-dealkylation sites (tertiary alicyclic amines) is 1. The molecule has 1 saturated carbocycles. The number of halogens is 3. The van der Waals surface area contributed by atoms with E-state index in [9.17, 15) is 27.9 Å². The topological polar surface area (TPSA) is 109 Å². The lowest BCUT2D eigenvalue weighted by Gasteiger charge is -2.47. The smallest absolute Gasteiger partial charge is 0.381 e. The number of benzene rings is 1. The highest BCUT2D eigenvalue weighted by atomic mass is 19.4. The van der Waals surface area contributed by atoms with Gasteiger partial charge in [-0.05, 0) is 56.7 Å². The van der Waals surface area contributed by atoms with E-state index in [0.29, 0.717) is 36.7 Å². The van der Waals surface area contributed by atoms with Crippen LogP contribution in [0.4, 0.5) is 13.2 Å². The lowest BCUT2D eigenvalue weighted by molar-refractivity contribution is -0.148. The predicted molar refractivity (Wildman–Crippen MR) is 134 cm³/mol. The normalized spacial score (nSPS) is 26.6. The number of nitrogens with one attached hydrogen (secondary N) is 1. The number of aromatic nitrogens is 2. The highest BCUT2D eigenvalue weighted by Gasteiger charge is 2.50. The minimum atomic E-state index is -4.52. The molecule has 5 rings (SSSR count). The molecule has 11 heteroatoms. The van der Waals surface area contributed by atoms with Crippen molar-refractivity contribution in [1.82, 2.24) is 20.4 Å². The summed E-state index contributed by atoms with van der Waals surface area (Å²) in [5.74, 6) is -0.522. The summed E-state index contributed by atoms with van der Waals surface area (Å²) < 4.78 is 46.3. The average molecular weight is 545 g/mol. The van der Waals surface area contributed by atoms with Gasteiger partial charge in [-0.3, -0.25) is 9.59 Å². The largest absolute Gasteiger partial charge is 0.416 e. The zero-order valence-electron chi connectivity index (χ0n) is 22.0. The Balaban J connectivity index is 1.42. The molecule has 3 aliphatic rings. The van der Waals surface area contributed by atoms with Crippen molar-refractivity contribution in [3.05, 3.63) is 70.9 Å². The summed E-state index contributed by atoms with van der Waals surface area (Å²) >= 11 is 0. The van der Waals surface area contributed by atoms with Crippen LogP contribution in [0, 0.1) is 18.8 Å². The third kappa shape index (κ3) is 5.24. The number of alkyl halides is 3. The number of hydrogen-bond acceptors (Lipinski definition) is 6. The van der Waals surface area contributed by atoms with E-state index in [1.165, 1.54) is 19.9 Å². The van der Waals surface area contributed by atoms with E-state index >= 15 is 0 Å². The van der Waals surface area contributed by atoms with E-state index in [1.807, 2.05) is 12.2 Å². The van der Waals surface area contributed by atoms with Crippen LogP contribution in [-0.2, 0) is 21.2 Å². The maximum atomic E-state index is 13.7. The van der Waals surface area contributed by atoms with Gasteiger partial charge in [0.25, 0.3) is 5.91 Å². The molecule has 2 aromatic rings. The molecule has 2 aliphatic carbocycles. The van der Waals surface area contributed by atoms with Gasteiger partial charge >= 0.3 is 6.18 Å². The molecule has 4 atom stereocenters. The number of rotatable bonds is 6. The van der Waals surface area contributed by atoms with Gasteiger partial charge in [0, 0.05) is 25.0 Å². The summed E-state index contributed by atoms with van der Waals surface area (Å²) in [5, 5.41) is 17.0. The van der Waals surface area contributed by atoms with E-state index in [4.69, 9.17) is 4.52 Å². The number of aliphatic hydroxyl groups is 1. The first kappa shape index (κ1) is 27.1. The van der Waals surface area contributed by atoms with Crippen LogP contribution in [0.15, 0.2) is 52.6 Å². The molecule has 39 heavy (non-hydrogen) atoms. The minimum absolute atomic E-state index is 0.0805. The molecule has 0 bridgehead atoms. The van der Waals surface area contributed by atoms with Gasteiger partial charge in [-0.25, -0.2) is 0 Å². The van der Waals surface area contributed by atoms with Crippen LogP contribution in [0.5, 0.6) is 0 Å². The zero-order chi connectivity index (χ0) is 28.2. The SMILES string of the molecule is Cc1noc(C2CC2C(=O)NCC2(c3cccc(C(F)(F)F)c3)C=CC=C3CN(C(=O)C(C)(C)O)CCC32)n1. The number of aryl methyl sites for hydroxylation is 1. The molecule has 0 radical (unpaired) electrons. The molecule has 4 unspecified atom stereocenters.